The molecule has 2 aliphatic heterocycles. The molecule has 208 valence electrons. The Balaban J connectivity index is 1.19. The highest BCUT2D eigenvalue weighted by Crippen LogP contribution is 2.44. The summed E-state index contributed by atoms with van der Waals surface area (Å²) >= 11 is 1.51. The zero-order valence-electron chi connectivity index (χ0n) is 22.9. The molecule has 1 amide bonds. The minimum atomic E-state index is -0.386. The van der Waals surface area contributed by atoms with Crippen LogP contribution in [0.3, 0.4) is 0 Å². The molecule has 1 aliphatic carbocycles. The van der Waals surface area contributed by atoms with Crippen molar-refractivity contribution in [1.29, 1.82) is 0 Å². The maximum absolute atomic E-state index is 15.3. The van der Waals surface area contributed by atoms with Crippen molar-refractivity contribution in [3.05, 3.63) is 40.8 Å². The monoisotopic (exact) mass is 551 g/mol. The number of fused-ring (bicyclic) bond motifs is 1. The van der Waals surface area contributed by atoms with Gasteiger partial charge in [0, 0.05) is 77.1 Å². The van der Waals surface area contributed by atoms with Crippen molar-refractivity contribution < 1.29 is 9.18 Å². The van der Waals surface area contributed by atoms with Gasteiger partial charge in [-0.25, -0.2) is 14.4 Å². The van der Waals surface area contributed by atoms with E-state index in [2.05, 4.69) is 30.4 Å². The molecule has 3 aliphatic rings. The maximum Gasteiger partial charge on any atom is 0.263 e. The number of amides is 1. The highest BCUT2D eigenvalue weighted by atomic mass is 32.1. The number of piperazine rings is 1. The van der Waals surface area contributed by atoms with Crippen molar-refractivity contribution in [3.8, 4) is 0 Å². The number of carbonyl (C=O) groups is 1. The molecular formula is C29H38FN7OS. The SMILES string of the molecule is CN(C)C(=O)c1sc2cnc(Nc3ncc(N4CCC(N5CCNCC5)CC4)cc3F)cc2c1C1CCCC1. The van der Waals surface area contributed by atoms with Crippen LogP contribution in [0.5, 0.6) is 0 Å². The summed E-state index contributed by atoms with van der Waals surface area (Å²) in [6, 6.07) is 4.16. The number of nitrogens with zero attached hydrogens (tertiary/aromatic N) is 5. The number of hydrogen-bond donors (Lipinski definition) is 2. The molecule has 2 N–H and O–H groups in total. The Morgan fingerprint density at radius 1 is 1.05 bits per heavy atom. The Labute approximate surface area is 233 Å². The summed E-state index contributed by atoms with van der Waals surface area (Å²) in [4.78, 5) is 29.3. The molecule has 0 atom stereocenters. The van der Waals surface area contributed by atoms with Crippen molar-refractivity contribution in [2.45, 2.75) is 50.5 Å². The molecule has 1 saturated carbocycles. The van der Waals surface area contributed by atoms with Crippen LogP contribution in [0.1, 0.15) is 59.7 Å². The number of thiophene rings is 1. The molecule has 8 nitrogen and oxygen atoms in total. The van der Waals surface area contributed by atoms with E-state index in [1.807, 2.05) is 6.07 Å². The fraction of sp³-hybridized carbons (Fsp3) is 0.552. The van der Waals surface area contributed by atoms with E-state index in [-0.39, 0.29) is 17.5 Å². The third-order valence-electron chi connectivity index (χ3n) is 8.55. The second-order valence-corrected chi connectivity index (χ2v) is 12.3. The first-order chi connectivity index (χ1) is 19.0. The maximum atomic E-state index is 15.3. The normalized spacial score (nSPS) is 19.6. The van der Waals surface area contributed by atoms with Crippen LogP contribution in [-0.2, 0) is 0 Å². The topological polar surface area (TPSA) is 76.6 Å². The van der Waals surface area contributed by atoms with Gasteiger partial charge in [0.2, 0.25) is 0 Å². The van der Waals surface area contributed by atoms with E-state index in [1.165, 1.54) is 24.2 Å². The van der Waals surface area contributed by atoms with E-state index >= 15 is 4.39 Å². The average Bonchev–Trinajstić information content (AvgIpc) is 3.62. The second kappa shape index (κ2) is 11.3. The molecule has 3 aromatic heterocycles. The molecule has 0 spiro atoms. The molecule has 3 aromatic rings. The first-order valence-corrected chi connectivity index (χ1v) is 15.1. The molecule has 39 heavy (non-hydrogen) atoms. The second-order valence-electron chi connectivity index (χ2n) is 11.2. The summed E-state index contributed by atoms with van der Waals surface area (Å²) in [5.41, 5.74) is 1.96. The lowest BCUT2D eigenvalue weighted by molar-refractivity contribution is 0.0831. The van der Waals surface area contributed by atoms with Crippen LogP contribution in [-0.4, -0.2) is 85.1 Å². The van der Waals surface area contributed by atoms with E-state index in [9.17, 15) is 4.79 Å². The first-order valence-electron chi connectivity index (χ1n) is 14.2. The average molecular weight is 552 g/mol. The molecule has 0 bridgehead atoms. The zero-order chi connectivity index (χ0) is 26.9. The van der Waals surface area contributed by atoms with Crippen LogP contribution in [0.4, 0.5) is 21.7 Å². The molecule has 0 unspecified atom stereocenters. The minimum Gasteiger partial charge on any atom is -0.370 e. The van der Waals surface area contributed by atoms with Gasteiger partial charge in [0.25, 0.3) is 5.91 Å². The molecule has 6 rings (SSSR count). The molecule has 5 heterocycles. The number of carbonyl (C=O) groups excluding carboxylic acids is 1. The number of halogens is 1. The summed E-state index contributed by atoms with van der Waals surface area (Å²) < 4.78 is 16.2. The van der Waals surface area contributed by atoms with Crippen LogP contribution in [0.25, 0.3) is 10.1 Å². The molecule has 10 heteroatoms. The van der Waals surface area contributed by atoms with Crippen molar-refractivity contribution in [2.24, 2.45) is 0 Å². The van der Waals surface area contributed by atoms with Gasteiger partial charge < -0.3 is 20.4 Å². The van der Waals surface area contributed by atoms with Gasteiger partial charge in [0.15, 0.2) is 11.6 Å². The number of anilines is 3. The van der Waals surface area contributed by atoms with E-state index in [4.69, 9.17) is 0 Å². The number of nitrogens with one attached hydrogen (secondary N) is 2. The van der Waals surface area contributed by atoms with Crippen LogP contribution in [0, 0.1) is 5.82 Å². The van der Waals surface area contributed by atoms with Crippen LogP contribution < -0.4 is 15.5 Å². The van der Waals surface area contributed by atoms with E-state index in [0.717, 1.165) is 91.2 Å². The summed E-state index contributed by atoms with van der Waals surface area (Å²) in [7, 11) is 3.59. The molecule has 2 saturated heterocycles. The highest BCUT2D eigenvalue weighted by Gasteiger charge is 2.29. The summed E-state index contributed by atoms with van der Waals surface area (Å²) in [5, 5.41) is 7.57. The van der Waals surface area contributed by atoms with Crippen LogP contribution in [0.15, 0.2) is 24.5 Å². The number of aromatic nitrogens is 2. The Bertz CT molecular complexity index is 1320. The highest BCUT2D eigenvalue weighted by molar-refractivity contribution is 7.21. The van der Waals surface area contributed by atoms with Gasteiger partial charge in [-0.15, -0.1) is 11.3 Å². The number of hydrogen-bond acceptors (Lipinski definition) is 8. The Hall–Kier alpha value is -2.82. The lowest BCUT2D eigenvalue weighted by Gasteiger charge is -2.41. The van der Waals surface area contributed by atoms with Gasteiger partial charge in [-0.2, -0.15) is 0 Å². The standard InChI is InChI=1S/C29H38FN7OS/c1-35(2)29(38)27-26(19-5-3-4-6-19)22-16-25(32-18-24(22)39-27)34-28-23(30)15-21(17-33-28)36-11-7-20(8-12-36)37-13-9-31-10-14-37/h15-20,31H,3-14H2,1-2H3,(H,32,33,34). The van der Waals surface area contributed by atoms with Crippen molar-refractivity contribution >= 4 is 44.7 Å². The summed E-state index contributed by atoms with van der Waals surface area (Å²) in [5.74, 6) is 0.733. The minimum absolute atomic E-state index is 0.0351. The largest absolute Gasteiger partial charge is 0.370 e. The number of piperidine rings is 1. The summed E-state index contributed by atoms with van der Waals surface area (Å²) in [6.45, 7) is 6.18. The van der Waals surface area contributed by atoms with Crippen LogP contribution >= 0.6 is 11.3 Å². The Morgan fingerprint density at radius 3 is 2.49 bits per heavy atom. The third kappa shape index (κ3) is 5.47. The third-order valence-corrected chi connectivity index (χ3v) is 9.69. The predicted molar refractivity (Wildman–Crippen MR) is 156 cm³/mol. The number of rotatable bonds is 6. The number of pyridine rings is 2. The smallest absolute Gasteiger partial charge is 0.263 e. The zero-order valence-corrected chi connectivity index (χ0v) is 23.7. The summed E-state index contributed by atoms with van der Waals surface area (Å²) in [6.07, 6.45) is 10.3. The van der Waals surface area contributed by atoms with E-state index < -0.39 is 0 Å². The fourth-order valence-electron chi connectivity index (χ4n) is 6.42. The van der Waals surface area contributed by atoms with Gasteiger partial charge in [0.05, 0.1) is 21.5 Å². The molecule has 0 radical (unpaired) electrons. The van der Waals surface area contributed by atoms with Crippen molar-refractivity contribution in [1.82, 2.24) is 25.1 Å². The van der Waals surface area contributed by atoms with Gasteiger partial charge in [0.1, 0.15) is 5.82 Å². The van der Waals surface area contributed by atoms with Gasteiger partial charge in [-0.1, -0.05) is 12.8 Å². The van der Waals surface area contributed by atoms with Crippen molar-refractivity contribution in [3.63, 3.8) is 0 Å². The van der Waals surface area contributed by atoms with Gasteiger partial charge in [-0.05, 0) is 43.2 Å². The Morgan fingerprint density at radius 2 is 1.79 bits per heavy atom. The van der Waals surface area contributed by atoms with Gasteiger partial charge in [-0.3, -0.25) is 9.69 Å². The van der Waals surface area contributed by atoms with Crippen molar-refractivity contribution in [2.75, 3.05) is 63.6 Å². The lowest BCUT2D eigenvalue weighted by atomic mass is 9.94. The van der Waals surface area contributed by atoms with E-state index in [0.29, 0.717) is 17.8 Å². The quantitative estimate of drug-likeness (QED) is 0.456. The molecule has 0 aromatic carbocycles. The predicted octanol–water partition coefficient (Wildman–Crippen LogP) is 4.81. The Kier molecular flexibility index (Phi) is 7.68. The molecular weight excluding hydrogens is 513 g/mol. The first kappa shape index (κ1) is 26.4. The fourth-order valence-corrected chi connectivity index (χ4v) is 7.68. The molecule has 3 fully saturated rings. The van der Waals surface area contributed by atoms with Gasteiger partial charge >= 0.3 is 0 Å². The lowest BCUT2D eigenvalue weighted by Crippen LogP contribution is -2.52. The van der Waals surface area contributed by atoms with Crippen LogP contribution in [0.2, 0.25) is 0 Å². The van der Waals surface area contributed by atoms with E-state index in [1.54, 1.807) is 37.5 Å².